The zero-order valence-electron chi connectivity index (χ0n) is 14.6. The molecule has 0 spiro atoms. The third-order valence-electron chi connectivity index (χ3n) is 3.10. The summed E-state index contributed by atoms with van der Waals surface area (Å²) < 4.78 is 10.7. The molecule has 0 aliphatic heterocycles. The van der Waals surface area contributed by atoms with Crippen LogP contribution in [0.3, 0.4) is 0 Å². The molecule has 0 aliphatic rings. The molecule has 0 fully saturated rings. The van der Waals surface area contributed by atoms with Gasteiger partial charge >= 0.3 is 0 Å². The fourth-order valence-corrected chi connectivity index (χ4v) is 2.82. The zero-order valence-corrected chi connectivity index (χ0v) is 15.4. The molecular weight excluding hydrogens is 332 g/mol. The lowest BCUT2D eigenvalue weighted by Gasteiger charge is -2.16. The molecule has 0 amide bonds. The Morgan fingerprint density at radius 2 is 2.04 bits per heavy atom. The molecule has 1 unspecified atom stereocenters. The van der Waals surface area contributed by atoms with Crippen molar-refractivity contribution in [2.75, 3.05) is 53.2 Å². The van der Waals surface area contributed by atoms with E-state index >= 15 is 0 Å². The van der Waals surface area contributed by atoms with E-state index in [2.05, 4.69) is 15.5 Å². The Labute approximate surface area is 147 Å². The topological polar surface area (TPSA) is 92.8 Å². The summed E-state index contributed by atoms with van der Waals surface area (Å²) in [6.45, 7) is 2.44. The minimum absolute atomic E-state index is 0.152. The molecule has 0 bridgehead atoms. The van der Waals surface area contributed by atoms with Crippen molar-refractivity contribution >= 4 is 11.8 Å². The van der Waals surface area contributed by atoms with Gasteiger partial charge in [0.05, 0.1) is 18.9 Å². The summed E-state index contributed by atoms with van der Waals surface area (Å²) in [5.41, 5.74) is 0. The van der Waals surface area contributed by atoms with Crippen molar-refractivity contribution in [3.05, 3.63) is 33.8 Å². The number of hydrogen-bond acceptors (Lipinski definition) is 8. The Morgan fingerprint density at radius 3 is 2.71 bits per heavy atom. The van der Waals surface area contributed by atoms with E-state index < -0.39 is 0 Å². The van der Waals surface area contributed by atoms with Crippen molar-refractivity contribution in [1.29, 1.82) is 0 Å². The maximum atomic E-state index is 10.7. The maximum Gasteiger partial charge on any atom is 0.231 e. The van der Waals surface area contributed by atoms with Crippen molar-refractivity contribution in [2.24, 2.45) is 0 Å². The van der Waals surface area contributed by atoms with Gasteiger partial charge in [0.1, 0.15) is 17.7 Å². The normalized spacial score (nSPS) is 12.7. The highest BCUT2D eigenvalue weighted by Crippen LogP contribution is 2.15. The van der Waals surface area contributed by atoms with Crippen LogP contribution < -0.4 is 10.6 Å². The number of nitrogens with one attached hydrogen (secondary N) is 2. The standard InChI is InChI=1S/C15H28N4O4S/c1-18(2)10-13-4-5-14(23-13)12-24-9-7-17-15(11-19(20)21)16-6-8-22-3/h4-5,15-17H,6-12H2,1-3H3. The second-order valence-electron chi connectivity index (χ2n) is 5.63. The summed E-state index contributed by atoms with van der Waals surface area (Å²) in [6.07, 6.45) is -0.342. The molecule has 24 heavy (non-hydrogen) atoms. The van der Waals surface area contributed by atoms with E-state index in [1.807, 2.05) is 26.2 Å². The van der Waals surface area contributed by atoms with Gasteiger partial charge in [0.15, 0.2) is 0 Å². The van der Waals surface area contributed by atoms with Crippen LogP contribution in [0.15, 0.2) is 16.5 Å². The molecule has 0 saturated heterocycles. The summed E-state index contributed by atoms with van der Waals surface area (Å²) >= 11 is 1.74. The monoisotopic (exact) mass is 360 g/mol. The van der Waals surface area contributed by atoms with Gasteiger partial charge < -0.3 is 14.1 Å². The molecule has 1 heterocycles. The van der Waals surface area contributed by atoms with Gasteiger partial charge in [-0.05, 0) is 26.2 Å². The van der Waals surface area contributed by atoms with Gasteiger partial charge in [-0.15, -0.1) is 0 Å². The predicted molar refractivity (Wildman–Crippen MR) is 95.8 cm³/mol. The largest absolute Gasteiger partial charge is 0.464 e. The molecule has 9 heteroatoms. The summed E-state index contributed by atoms with van der Waals surface area (Å²) in [4.78, 5) is 12.4. The van der Waals surface area contributed by atoms with Crippen molar-refractivity contribution in [1.82, 2.24) is 15.5 Å². The van der Waals surface area contributed by atoms with E-state index in [4.69, 9.17) is 9.15 Å². The van der Waals surface area contributed by atoms with Crippen LogP contribution in [-0.2, 0) is 17.0 Å². The average molecular weight is 360 g/mol. The Morgan fingerprint density at radius 1 is 1.33 bits per heavy atom. The minimum Gasteiger partial charge on any atom is -0.464 e. The molecular formula is C15H28N4O4S. The van der Waals surface area contributed by atoms with Crippen molar-refractivity contribution < 1.29 is 14.1 Å². The second-order valence-corrected chi connectivity index (χ2v) is 6.73. The minimum atomic E-state index is -0.342. The average Bonchev–Trinajstić information content (AvgIpc) is 2.93. The number of hydrogen-bond donors (Lipinski definition) is 2. The Hall–Kier alpha value is -1.13. The molecule has 2 N–H and O–H groups in total. The van der Waals surface area contributed by atoms with Crippen molar-refractivity contribution in [2.45, 2.75) is 18.5 Å². The Kier molecular flexibility index (Phi) is 10.7. The van der Waals surface area contributed by atoms with E-state index in [1.54, 1.807) is 18.9 Å². The third kappa shape index (κ3) is 9.89. The van der Waals surface area contributed by atoms with Crippen LogP contribution in [0.5, 0.6) is 0 Å². The van der Waals surface area contributed by atoms with E-state index in [0.717, 1.165) is 29.6 Å². The van der Waals surface area contributed by atoms with E-state index in [0.29, 0.717) is 19.7 Å². The van der Waals surface area contributed by atoms with Crippen LogP contribution in [0, 0.1) is 10.1 Å². The van der Waals surface area contributed by atoms with E-state index in [9.17, 15) is 10.1 Å². The number of nitrogens with zero attached hydrogens (tertiary/aromatic N) is 2. The highest BCUT2D eigenvalue weighted by molar-refractivity contribution is 7.98. The first kappa shape index (κ1) is 20.9. The van der Waals surface area contributed by atoms with Gasteiger partial charge in [0.2, 0.25) is 6.54 Å². The van der Waals surface area contributed by atoms with Crippen LogP contribution in [0.25, 0.3) is 0 Å². The molecule has 0 aromatic carbocycles. The molecule has 0 radical (unpaired) electrons. The molecule has 0 aliphatic carbocycles. The van der Waals surface area contributed by atoms with Gasteiger partial charge in [0.25, 0.3) is 0 Å². The van der Waals surface area contributed by atoms with Gasteiger partial charge in [0, 0.05) is 30.9 Å². The third-order valence-corrected chi connectivity index (χ3v) is 4.08. The highest BCUT2D eigenvalue weighted by atomic mass is 32.2. The number of methoxy groups -OCH3 is 1. The molecule has 1 aromatic heterocycles. The fourth-order valence-electron chi connectivity index (χ4n) is 2.06. The summed E-state index contributed by atoms with van der Waals surface area (Å²) in [5, 5.41) is 16.9. The lowest BCUT2D eigenvalue weighted by atomic mass is 10.4. The molecule has 0 saturated carbocycles. The number of thioether (sulfide) groups is 1. The van der Waals surface area contributed by atoms with Gasteiger partial charge in [-0.3, -0.25) is 20.7 Å². The van der Waals surface area contributed by atoms with Gasteiger partial charge in [-0.2, -0.15) is 11.8 Å². The highest BCUT2D eigenvalue weighted by Gasteiger charge is 2.13. The first-order valence-corrected chi connectivity index (χ1v) is 9.04. The first-order valence-electron chi connectivity index (χ1n) is 7.89. The zero-order chi connectivity index (χ0) is 17.8. The molecule has 1 atom stereocenters. The lowest BCUT2D eigenvalue weighted by molar-refractivity contribution is -0.484. The predicted octanol–water partition coefficient (Wildman–Crippen LogP) is 1.00. The summed E-state index contributed by atoms with van der Waals surface area (Å²) in [7, 11) is 5.61. The van der Waals surface area contributed by atoms with Crippen molar-refractivity contribution in [3.63, 3.8) is 0 Å². The number of nitro groups is 1. The quantitative estimate of drug-likeness (QED) is 0.220. The van der Waals surface area contributed by atoms with Crippen molar-refractivity contribution in [3.8, 4) is 0 Å². The number of ether oxygens (including phenoxy) is 1. The summed E-state index contributed by atoms with van der Waals surface area (Å²) in [6, 6.07) is 4.00. The molecule has 8 nitrogen and oxygen atoms in total. The molecule has 1 rings (SSSR count). The number of furan rings is 1. The van der Waals surface area contributed by atoms with Crippen LogP contribution in [-0.4, -0.2) is 69.2 Å². The van der Waals surface area contributed by atoms with Gasteiger partial charge in [-0.25, -0.2) is 0 Å². The van der Waals surface area contributed by atoms with Gasteiger partial charge in [-0.1, -0.05) is 0 Å². The fraction of sp³-hybridized carbons (Fsp3) is 0.733. The molecule has 1 aromatic rings. The van der Waals surface area contributed by atoms with Crippen LogP contribution in [0.4, 0.5) is 0 Å². The Bertz CT molecular complexity index is 470. The number of rotatable bonds is 14. The van der Waals surface area contributed by atoms with Crippen LogP contribution >= 0.6 is 11.8 Å². The first-order chi connectivity index (χ1) is 11.5. The van der Waals surface area contributed by atoms with Crippen LogP contribution in [0.1, 0.15) is 11.5 Å². The molecule has 138 valence electrons. The van der Waals surface area contributed by atoms with Crippen LogP contribution in [0.2, 0.25) is 0 Å². The smallest absolute Gasteiger partial charge is 0.231 e. The van der Waals surface area contributed by atoms with E-state index in [1.165, 1.54) is 0 Å². The Balaban J connectivity index is 2.20. The SMILES string of the molecule is COCCNC(C[N+](=O)[O-])NCCSCc1ccc(CN(C)C)o1. The second kappa shape index (κ2) is 12.3. The maximum absolute atomic E-state index is 10.7. The van der Waals surface area contributed by atoms with E-state index in [-0.39, 0.29) is 17.6 Å². The summed E-state index contributed by atoms with van der Waals surface area (Å²) in [5.74, 6) is 3.56. The lowest BCUT2D eigenvalue weighted by Crippen LogP contribution is -2.48.